The summed E-state index contributed by atoms with van der Waals surface area (Å²) in [6, 6.07) is 0. The van der Waals surface area contributed by atoms with E-state index in [2.05, 4.69) is 6.92 Å². The fourth-order valence-corrected chi connectivity index (χ4v) is 4.17. The normalized spacial score (nSPS) is 11.9. The topological polar surface area (TPSA) is 124 Å². The van der Waals surface area contributed by atoms with Crippen molar-refractivity contribution in [3.63, 3.8) is 0 Å². The zero-order chi connectivity index (χ0) is 17.8. The van der Waals surface area contributed by atoms with Gasteiger partial charge < -0.3 is 24.1 Å². The van der Waals surface area contributed by atoms with Crippen molar-refractivity contribution in [2.45, 2.75) is 71.1 Å². The van der Waals surface area contributed by atoms with E-state index >= 15 is 0 Å². The predicted octanol–water partition coefficient (Wildman–Crippen LogP) is -3.78. The molecule has 0 aliphatic rings. The molecular formula is C14H31K2NO6P2. The molecule has 0 amide bonds. The zero-order valence-corrected chi connectivity index (χ0v) is 24.1. The standard InChI is InChI=1S/C14H33NO6P2.2K/c1-2-3-4-5-6-7-8-9-10-11-12-15(13-22(16,17)18)14-23(19,20)21;;/h2-14H2,1H3,(H2,16,17,18)(H2,19,20,21);;/q;2*+1/p-2. The van der Waals surface area contributed by atoms with Crippen LogP contribution >= 0.6 is 15.2 Å². The van der Waals surface area contributed by atoms with Crippen LogP contribution in [0.4, 0.5) is 0 Å². The van der Waals surface area contributed by atoms with Crippen LogP contribution in [0.15, 0.2) is 0 Å². The Morgan fingerprint density at radius 2 is 1.16 bits per heavy atom. The molecule has 0 aliphatic heterocycles. The fourth-order valence-electron chi connectivity index (χ4n) is 2.51. The molecule has 2 N–H and O–H groups in total. The molecule has 0 fully saturated rings. The first kappa shape index (κ1) is 33.2. The van der Waals surface area contributed by atoms with Gasteiger partial charge in [0.15, 0.2) is 0 Å². The predicted molar refractivity (Wildman–Crippen MR) is 87.9 cm³/mol. The van der Waals surface area contributed by atoms with Crippen LogP contribution in [0, 0.1) is 0 Å². The third-order valence-corrected chi connectivity index (χ3v) is 5.10. The summed E-state index contributed by atoms with van der Waals surface area (Å²) in [6.45, 7) is 2.41. The van der Waals surface area contributed by atoms with Crippen LogP contribution in [0.25, 0.3) is 0 Å². The Hall–Kier alpha value is 3.53. The van der Waals surface area contributed by atoms with Crippen molar-refractivity contribution < 1.29 is 131 Å². The monoisotopic (exact) mass is 449 g/mol. The Morgan fingerprint density at radius 3 is 1.52 bits per heavy atom. The molecule has 0 spiro atoms. The number of unbranched alkanes of at least 4 members (excludes halogenated alkanes) is 9. The quantitative estimate of drug-likeness (QED) is 0.149. The smallest absolute Gasteiger partial charge is 0.810 e. The number of nitrogens with zero attached hydrogens (tertiary/aromatic N) is 1. The summed E-state index contributed by atoms with van der Waals surface area (Å²) in [5, 5.41) is 0. The number of rotatable bonds is 15. The first-order chi connectivity index (χ1) is 10.6. The minimum Gasteiger partial charge on any atom is -0.810 e. The Kier molecular flexibility index (Phi) is 25.9. The van der Waals surface area contributed by atoms with Gasteiger partial charge in [-0.15, -0.1) is 0 Å². The van der Waals surface area contributed by atoms with Crippen molar-refractivity contribution in [2.75, 3.05) is 19.1 Å². The van der Waals surface area contributed by atoms with E-state index in [0.717, 1.165) is 24.2 Å². The fraction of sp³-hybridized carbons (Fsp3) is 1.00. The molecule has 140 valence electrons. The second-order valence-corrected chi connectivity index (χ2v) is 9.25. The Bertz CT molecular complexity index is 368. The van der Waals surface area contributed by atoms with Crippen molar-refractivity contribution in [3.8, 4) is 0 Å². The van der Waals surface area contributed by atoms with Gasteiger partial charge in [0.1, 0.15) is 6.29 Å². The Morgan fingerprint density at radius 1 is 0.760 bits per heavy atom. The van der Waals surface area contributed by atoms with E-state index in [1.807, 2.05) is 0 Å². The van der Waals surface area contributed by atoms with Gasteiger partial charge >= 0.3 is 110 Å². The van der Waals surface area contributed by atoms with Crippen LogP contribution in [0.3, 0.4) is 0 Å². The third kappa shape index (κ3) is 27.5. The molecule has 0 saturated heterocycles. The molecule has 0 aromatic heterocycles. The van der Waals surface area contributed by atoms with E-state index in [1.54, 1.807) is 0 Å². The first-order valence-electron chi connectivity index (χ1n) is 8.42. The molecule has 0 aliphatic carbocycles. The summed E-state index contributed by atoms with van der Waals surface area (Å²) in [4.78, 5) is 40.5. The molecule has 7 nitrogen and oxygen atoms in total. The largest absolute Gasteiger partial charge is 1.00 e. The molecule has 0 heterocycles. The molecular weight excluding hydrogens is 418 g/mol. The van der Waals surface area contributed by atoms with Crippen molar-refractivity contribution in [3.05, 3.63) is 0 Å². The molecule has 11 heteroatoms. The summed E-state index contributed by atoms with van der Waals surface area (Å²) in [7, 11) is -9.17. The molecule has 25 heavy (non-hydrogen) atoms. The molecule has 0 bridgehead atoms. The van der Waals surface area contributed by atoms with Crippen LogP contribution < -0.4 is 113 Å². The van der Waals surface area contributed by atoms with Gasteiger partial charge in [0.2, 0.25) is 0 Å². The van der Waals surface area contributed by atoms with E-state index in [-0.39, 0.29) is 109 Å². The van der Waals surface area contributed by atoms with E-state index in [9.17, 15) is 18.9 Å². The van der Waals surface area contributed by atoms with E-state index in [0.29, 0.717) is 6.42 Å². The van der Waals surface area contributed by atoms with Crippen LogP contribution in [0.2, 0.25) is 0 Å². The zero-order valence-electron chi connectivity index (χ0n) is 16.1. The van der Waals surface area contributed by atoms with Crippen molar-refractivity contribution in [1.82, 2.24) is 4.90 Å². The SMILES string of the molecule is CCCCCCCCCCCCN(CP(=O)([O-])[O-])CP(=O)(O)O.[K+].[K+]. The summed E-state index contributed by atoms with van der Waals surface area (Å²) < 4.78 is 21.8. The molecule has 0 unspecified atom stereocenters. The molecule has 0 rings (SSSR count). The van der Waals surface area contributed by atoms with Crippen LogP contribution in [-0.4, -0.2) is 33.8 Å². The van der Waals surface area contributed by atoms with E-state index in [1.165, 1.54) is 38.5 Å². The molecule has 0 atom stereocenters. The average molecular weight is 450 g/mol. The Labute approximate surface area is 237 Å². The second kappa shape index (κ2) is 19.5. The van der Waals surface area contributed by atoms with Crippen LogP contribution in [-0.2, 0) is 9.13 Å². The summed E-state index contributed by atoms with van der Waals surface area (Å²) >= 11 is 0. The maximum absolute atomic E-state index is 11.0. The molecule has 0 saturated carbocycles. The Balaban J connectivity index is -0.00000242. The van der Waals surface area contributed by atoms with E-state index < -0.39 is 27.8 Å². The average Bonchev–Trinajstić information content (AvgIpc) is 2.37. The molecule has 0 radical (unpaired) electrons. The number of hydrogen-bond acceptors (Lipinski definition) is 5. The maximum atomic E-state index is 11.0. The minimum absolute atomic E-state index is 0. The summed E-state index contributed by atoms with van der Waals surface area (Å²) in [5.41, 5.74) is 0. The minimum atomic E-state index is -4.81. The first-order valence-corrected chi connectivity index (χ1v) is 11.9. The van der Waals surface area contributed by atoms with Gasteiger partial charge in [-0.05, 0) is 13.0 Å². The van der Waals surface area contributed by atoms with Gasteiger partial charge in [0.25, 0.3) is 0 Å². The number of hydrogen-bond donors (Lipinski definition) is 2. The van der Waals surface area contributed by atoms with E-state index in [4.69, 9.17) is 9.79 Å². The van der Waals surface area contributed by atoms with Gasteiger partial charge in [-0.2, -0.15) is 0 Å². The summed E-state index contributed by atoms with van der Waals surface area (Å²) in [5.74, 6) is 0. The molecule has 0 aromatic rings. The summed E-state index contributed by atoms with van der Waals surface area (Å²) in [6.07, 6.45) is 9.65. The van der Waals surface area contributed by atoms with Crippen LogP contribution in [0.1, 0.15) is 71.1 Å². The van der Waals surface area contributed by atoms with Gasteiger partial charge in [0.05, 0.1) is 0 Å². The van der Waals surface area contributed by atoms with Gasteiger partial charge in [-0.1, -0.05) is 72.3 Å². The van der Waals surface area contributed by atoms with Crippen molar-refractivity contribution >= 4 is 15.2 Å². The van der Waals surface area contributed by atoms with Crippen molar-refractivity contribution in [1.29, 1.82) is 0 Å². The van der Waals surface area contributed by atoms with Crippen LogP contribution in [0.5, 0.6) is 0 Å². The second-order valence-electron chi connectivity index (χ2n) is 6.13. The van der Waals surface area contributed by atoms with Crippen molar-refractivity contribution in [2.24, 2.45) is 0 Å². The van der Waals surface area contributed by atoms with Gasteiger partial charge in [-0.3, -0.25) is 9.46 Å². The third-order valence-electron chi connectivity index (χ3n) is 3.59. The van der Waals surface area contributed by atoms with Gasteiger partial charge in [0, 0.05) is 6.29 Å². The maximum Gasteiger partial charge on any atom is 1.00 e. The van der Waals surface area contributed by atoms with Gasteiger partial charge in [-0.25, -0.2) is 0 Å². The molecule has 0 aromatic carbocycles.